The zero-order valence-electron chi connectivity index (χ0n) is 9.33. The van der Waals surface area contributed by atoms with E-state index in [1.165, 1.54) is 19.1 Å². The molecule has 0 heterocycles. The van der Waals surface area contributed by atoms with Gasteiger partial charge in [0, 0.05) is 4.47 Å². The van der Waals surface area contributed by atoms with E-state index in [1.54, 1.807) is 6.07 Å². The van der Waals surface area contributed by atoms with Crippen molar-refractivity contribution in [1.29, 1.82) is 0 Å². The minimum atomic E-state index is -1.13. The van der Waals surface area contributed by atoms with Crippen molar-refractivity contribution in [3.63, 3.8) is 0 Å². The van der Waals surface area contributed by atoms with Crippen molar-refractivity contribution < 1.29 is 19.0 Å². The Balaban J connectivity index is 0.00000106. The normalized spacial score (nSPS) is 11.1. The minimum Gasteiger partial charge on any atom is -0.479 e. The maximum Gasteiger partial charge on any atom is 0.344 e. The smallest absolute Gasteiger partial charge is 0.344 e. The fourth-order valence-electron chi connectivity index (χ4n) is 0.812. The van der Waals surface area contributed by atoms with Crippen LogP contribution in [0, 0.1) is 5.82 Å². The number of benzene rings is 1. The molecular weight excluding hydrogens is 279 g/mol. The van der Waals surface area contributed by atoms with Crippen LogP contribution in [0.4, 0.5) is 4.39 Å². The number of halogens is 2. The average Bonchev–Trinajstić information content (AvgIpc) is 2.25. The molecule has 0 saturated heterocycles. The Kier molecular flexibility index (Phi) is 6.72. The van der Waals surface area contributed by atoms with E-state index >= 15 is 0 Å². The Bertz CT molecular complexity index is 355. The molecule has 1 unspecified atom stereocenters. The van der Waals surface area contributed by atoms with Gasteiger partial charge in [-0.1, -0.05) is 29.8 Å². The molecule has 0 aliphatic heterocycles. The van der Waals surface area contributed by atoms with Gasteiger partial charge < -0.3 is 9.84 Å². The predicted octanol–water partition coefficient (Wildman–Crippen LogP) is 3.47. The molecule has 0 saturated carbocycles. The van der Waals surface area contributed by atoms with Gasteiger partial charge in [-0.25, -0.2) is 9.18 Å². The first kappa shape index (κ1) is 14.9. The van der Waals surface area contributed by atoms with Gasteiger partial charge in [-0.2, -0.15) is 0 Å². The third kappa shape index (κ3) is 4.61. The van der Waals surface area contributed by atoms with Crippen LogP contribution >= 0.6 is 15.9 Å². The zero-order chi connectivity index (χ0) is 12.7. The van der Waals surface area contributed by atoms with Crippen molar-refractivity contribution in [3.8, 4) is 5.75 Å². The first-order valence-electron chi connectivity index (χ1n) is 4.85. The van der Waals surface area contributed by atoms with Gasteiger partial charge in [0.2, 0.25) is 0 Å². The van der Waals surface area contributed by atoms with Crippen LogP contribution < -0.4 is 4.74 Å². The second kappa shape index (κ2) is 7.22. The summed E-state index contributed by atoms with van der Waals surface area (Å²) < 4.78 is 18.6. The van der Waals surface area contributed by atoms with Crippen molar-refractivity contribution in [2.75, 3.05) is 0 Å². The number of carboxylic acid groups (broad SMARTS) is 1. The van der Waals surface area contributed by atoms with E-state index in [2.05, 4.69) is 15.9 Å². The van der Waals surface area contributed by atoms with E-state index in [0.29, 0.717) is 4.47 Å². The second-order valence-electron chi connectivity index (χ2n) is 2.67. The van der Waals surface area contributed by atoms with E-state index < -0.39 is 17.9 Å². The lowest BCUT2D eigenvalue weighted by molar-refractivity contribution is -0.144. The molecule has 1 N–H and O–H groups in total. The highest BCUT2D eigenvalue weighted by atomic mass is 79.9. The van der Waals surface area contributed by atoms with Gasteiger partial charge in [-0.3, -0.25) is 0 Å². The maximum absolute atomic E-state index is 13.1. The number of carbonyl (C=O) groups is 1. The van der Waals surface area contributed by atoms with Gasteiger partial charge in [0.05, 0.1) is 0 Å². The summed E-state index contributed by atoms with van der Waals surface area (Å²) in [6.45, 7) is 5.34. The summed E-state index contributed by atoms with van der Waals surface area (Å²) in [5.74, 6) is -1.79. The molecule has 0 radical (unpaired) electrons. The lowest BCUT2D eigenvalue weighted by atomic mass is 10.3. The Morgan fingerprint density at radius 2 is 2.06 bits per heavy atom. The lowest BCUT2D eigenvalue weighted by Gasteiger charge is -2.10. The summed E-state index contributed by atoms with van der Waals surface area (Å²) >= 11 is 3.08. The number of carboxylic acids is 1. The molecule has 0 aromatic heterocycles. The molecule has 0 fully saturated rings. The first-order valence-corrected chi connectivity index (χ1v) is 5.64. The highest BCUT2D eigenvalue weighted by Crippen LogP contribution is 2.22. The lowest BCUT2D eigenvalue weighted by Crippen LogP contribution is -2.23. The van der Waals surface area contributed by atoms with Crippen LogP contribution in [0.5, 0.6) is 5.75 Å². The molecule has 90 valence electrons. The van der Waals surface area contributed by atoms with Crippen molar-refractivity contribution in [2.45, 2.75) is 26.9 Å². The van der Waals surface area contributed by atoms with Crippen LogP contribution in [0.1, 0.15) is 20.8 Å². The Labute approximate surface area is 102 Å². The molecule has 0 aliphatic carbocycles. The molecule has 0 bridgehead atoms. The van der Waals surface area contributed by atoms with Gasteiger partial charge in [0.25, 0.3) is 0 Å². The molecule has 1 aromatic carbocycles. The van der Waals surface area contributed by atoms with Crippen molar-refractivity contribution >= 4 is 21.9 Å². The molecule has 3 nitrogen and oxygen atoms in total. The standard InChI is InChI=1S/C9H8BrFO3.C2H6/c1-5(9(12)13)14-8-3-2-6(10)4-7(8)11;1-2/h2-5H,1H3,(H,12,13);1-2H3. The van der Waals surface area contributed by atoms with Crippen LogP contribution in [-0.4, -0.2) is 17.2 Å². The fourth-order valence-corrected chi connectivity index (χ4v) is 1.14. The van der Waals surface area contributed by atoms with Crippen molar-refractivity contribution in [2.24, 2.45) is 0 Å². The van der Waals surface area contributed by atoms with Gasteiger partial charge in [0.15, 0.2) is 17.7 Å². The predicted molar refractivity (Wildman–Crippen MR) is 63.2 cm³/mol. The SMILES string of the molecule is CC.CC(Oc1ccc(Br)cc1F)C(=O)O. The Morgan fingerprint density at radius 3 is 2.50 bits per heavy atom. The van der Waals surface area contributed by atoms with Crippen molar-refractivity contribution in [3.05, 3.63) is 28.5 Å². The maximum atomic E-state index is 13.1. The summed E-state index contributed by atoms with van der Waals surface area (Å²) in [6.07, 6.45) is -1.06. The molecular formula is C11H14BrFO3. The van der Waals surface area contributed by atoms with Crippen LogP contribution in [0.2, 0.25) is 0 Å². The number of aliphatic carboxylic acids is 1. The van der Waals surface area contributed by atoms with Crippen molar-refractivity contribution in [1.82, 2.24) is 0 Å². The number of hydrogen-bond acceptors (Lipinski definition) is 2. The molecule has 1 atom stereocenters. The van der Waals surface area contributed by atoms with E-state index in [0.717, 1.165) is 0 Å². The summed E-state index contributed by atoms with van der Waals surface area (Å²) in [4.78, 5) is 10.4. The van der Waals surface area contributed by atoms with Crippen LogP contribution in [-0.2, 0) is 4.79 Å². The highest BCUT2D eigenvalue weighted by Gasteiger charge is 2.14. The average molecular weight is 293 g/mol. The quantitative estimate of drug-likeness (QED) is 0.928. The number of hydrogen-bond donors (Lipinski definition) is 1. The number of rotatable bonds is 3. The van der Waals surface area contributed by atoms with E-state index in [9.17, 15) is 9.18 Å². The first-order chi connectivity index (χ1) is 7.50. The van der Waals surface area contributed by atoms with Crippen LogP contribution in [0.3, 0.4) is 0 Å². The van der Waals surface area contributed by atoms with E-state index in [4.69, 9.17) is 9.84 Å². The van der Waals surface area contributed by atoms with Gasteiger partial charge >= 0.3 is 5.97 Å². The molecule has 5 heteroatoms. The molecule has 0 amide bonds. The summed E-state index contributed by atoms with van der Waals surface area (Å²) in [5.41, 5.74) is 0. The van der Waals surface area contributed by atoms with Gasteiger partial charge in [-0.05, 0) is 25.1 Å². The fraction of sp³-hybridized carbons (Fsp3) is 0.364. The zero-order valence-corrected chi connectivity index (χ0v) is 10.9. The highest BCUT2D eigenvalue weighted by molar-refractivity contribution is 9.10. The van der Waals surface area contributed by atoms with E-state index in [1.807, 2.05) is 13.8 Å². The topological polar surface area (TPSA) is 46.5 Å². The Hall–Kier alpha value is -1.10. The van der Waals surface area contributed by atoms with Crippen LogP contribution in [0.15, 0.2) is 22.7 Å². The largest absolute Gasteiger partial charge is 0.479 e. The molecule has 1 rings (SSSR count). The third-order valence-corrected chi connectivity index (χ3v) is 2.04. The van der Waals surface area contributed by atoms with Gasteiger partial charge in [0.1, 0.15) is 0 Å². The molecule has 1 aromatic rings. The summed E-state index contributed by atoms with van der Waals surface area (Å²) in [5, 5.41) is 8.53. The molecule has 16 heavy (non-hydrogen) atoms. The minimum absolute atomic E-state index is 0.0666. The second-order valence-corrected chi connectivity index (χ2v) is 3.59. The molecule has 0 aliphatic rings. The third-order valence-electron chi connectivity index (χ3n) is 1.55. The summed E-state index contributed by atoms with van der Waals surface area (Å²) in [6, 6.07) is 4.16. The van der Waals surface area contributed by atoms with Crippen LogP contribution in [0.25, 0.3) is 0 Å². The molecule has 0 spiro atoms. The summed E-state index contributed by atoms with van der Waals surface area (Å²) in [7, 11) is 0. The van der Waals surface area contributed by atoms with E-state index in [-0.39, 0.29) is 5.75 Å². The number of ether oxygens (including phenoxy) is 1. The monoisotopic (exact) mass is 292 g/mol. The van der Waals surface area contributed by atoms with Gasteiger partial charge in [-0.15, -0.1) is 0 Å². The Morgan fingerprint density at radius 1 is 1.50 bits per heavy atom.